The van der Waals surface area contributed by atoms with Crippen LogP contribution in [0.5, 0.6) is 0 Å². The van der Waals surface area contributed by atoms with Gasteiger partial charge in [-0.2, -0.15) is 0 Å². The Hall–Kier alpha value is -1.32. The molecule has 0 heterocycles. The van der Waals surface area contributed by atoms with Gasteiger partial charge in [-0.3, -0.25) is 0 Å². The fourth-order valence-electron chi connectivity index (χ4n) is 1.83. The Balaban J connectivity index is 2.09. The van der Waals surface area contributed by atoms with Crippen molar-refractivity contribution in [3.8, 4) is 0 Å². The molecule has 1 N–H and O–H groups in total. The summed E-state index contributed by atoms with van der Waals surface area (Å²) < 4.78 is 12.8. The average molecular weight is 275 g/mol. The summed E-state index contributed by atoms with van der Waals surface area (Å²) in [5.74, 6) is -0.193. The first-order valence-electron chi connectivity index (χ1n) is 6.42. The lowest BCUT2D eigenvalue weighted by atomic mass is 10.1. The van der Waals surface area contributed by atoms with Crippen LogP contribution in [0.4, 0.5) is 4.39 Å². The monoisotopic (exact) mass is 275 g/mol. The molecule has 2 aromatic carbocycles. The molecular formula is C16H18FNS. The van der Waals surface area contributed by atoms with Crippen LogP contribution in [0.15, 0.2) is 52.3 Å². The van der Waals surface area contributed by atoms with E-state index in [0.29, 0.717) is 0 Å². The van der Waals surface area contributed by atoms with E-state index < -0.39 is 0 Å². The molecule has 3 heteroatoms. The van der Waals surface area contributed by atoms with Gasteiger partial charge in [-0.25, -0.2) is 4.39 Å². The number of aryl methyl sites for hydroxylation is 1. The van der Waals surface area contributed by atoms with Gasteiger partial charge < -0.3 is 5.32 Å². The molecule has 0 aliphatic heterocycles. The summed E-state index contributed by atoms with van der Waals surface area (Å²) in [5, 5.41) is 3.33. The normalized spacial score (nSPS) is 10.7. The van der Waals surface area contributed by atoms with Crippen LogP contribution in [0.3, 0.4) is 0 Å². The molecule has 0 atom stereocenters. The molecule has 0 fully saturated rings. The van der Waals surface area contributed by atoms with Gasteiger partial charge in [-0.1, -0.05) is 24.8 Å². The predicted molar refractivity (Wildman–Crippen MR) is 79.1 cm³/mol. The second-order valence-electron chi connectivity index (χ2n) is 4.42. The van der Waals surface area contributed by atoms with Gasteiger partial charge in [0, 0.05) is 16.3 Å². The molecule has 0 unspecified atom stereocenters. The van der Waals surface area contributed by atoms with Gasteiger partial charge >= 0.3 is 0 Å². The van der Waals surface area contributed by atoms with Crippen LogP contribution in [0.2, 0.25) is 0 Å². The molecule has 2 aromatic rings. The van der Waals surface area contributed by atoms with Crippen LogP contribution in [0.25, 0.3) is 0 Å². The summed E-state index contributed by atoms with van der Waals surface area (Å²) in [6, 6.07) is 13.1. The van der Waals surface area contributed by atoms with Crippen LogP contribution in [0, 0.1) is 12.7 Å². The third kappa shape index (κ3) is 4.08. The third-order valence-electron chi connectivity index (χ3n) is 2.93. The molecule has 0 amide bonds. The number of benzene rings is 2. The first-order valence-corrected chi connectivity index (χ1v) is 7.24. The van der Waals surface area contributed by atoms with Crippen molar-refractivity contribution < 1.29 is 4.39 Å². The maximum atomic E-state index is 12.8. The fraction of sp³-hybridized carbons (Fsp3) is 0.250. The standard InChI is InChI=1S/C16H18FNS/c1-3-18-11-13-4-7-16(10-12(13)2)19-15-8-5-14(17)6-9-15/h4-10,18H,3,11H2,1-2H3. The lowest BCUT2D eigenvalue weighted by Gasteiger charge is -2.09. The number of nitrogens with one attached hydrogen (secondary N) is 1. The van der Waals surface area contributed by atoms with Crippen molar-refractivity contribution in [3.63, 3.8) is 0 Å². The van der Waals surface area contributed by atoms with E-state index in [9.17, 15) is 4.39 Å². The van der Waals surface area contributed by atoms with Crippen molar-refractivity contribution in [2.24, 2.45) is 0 Å². The van der Waals surface area contributed by atoms with E-state index >= 15 is 0 Å². The SMILES string of the molecule is CCNCc1ccc(Sc2ccc(F)cc2)cc1C. The van der Waals surface area contributed by atoms with Gasteiger partial charge in [0.2, 0.25) is 0 Å². The molecule has 0 saturated heterocycles. The van der Waals surface area contributed by atoms with E-state index in [2.05, 4.69) is 37.4 Å². The zero-order valence-corrected chi connectivity index (χ0v) is 12.1. The van der Waals surface area contributed by atoms with Gasteiger partial charge in [-0.05, 0) is 61.0 Å². The zero-order valence-electron chi connectivity index (χ0n) is 11.2. The van der Waals surface area contributed by atoms with E-state index in [4.69, 9.17) is 0 Å². The number of hydrogen-bond donors (Lipinski definition) is 1. The van der Waals surface area contributed by atoms with Crippen molar-refractivity contribution in [1.82, 2.24) is 5.32 Å². The highest BCUT2D eigenvalue weighted by molar-refractivity contribution is 7.99. The van der Waals surface area contributed by atoms with E-state index in [1.54, 1.807) is 11.8 Å². The lowest BCUT2D eigenvalue weighted by molar-refractivity contribution is 0.626. The summed E-state index contributed by atoms with van der Waals surface area (Å²) >= 11 is 1.66. The lowest BCUT2D eigenvalue weighted by Crippen LogP contribution is -2.12. The minimum Gasteiger partial charge on any atom is -0.313 e. The van der Waals surface area contributed by atoms with Crippen LogP contribution >= 0.6 is 11.8 Å². The van der Waals surface area contributed by atoms with Gasteiger partial charge in [0.1, 0.15) is 5.82 Å². The molecule has 2 rings (SSSR count). The molecule has 0 aliphatic carbocycles. The Kier molecular flexibility index (Phi) is 5.00. The minimum absolute atomic E-state index is 0.193. The summed E-state index contributed by atoms with van der Waals surface area (Å²) in [4.78, 5) is 2.24. The zero-order chi connectivity index (χ0) is 13.7. The molecule has 0 bridgehead atoms. The molecule has 0 radical (unpaired) electrons. The largest absolute Gasteiger partial charge is 0.313 e. The second-order valence-corrected chi connectivity index (χ2v) is 5.57. The highest BCUT2D eigenvalue weighted by atomic mass is 32.2. The molecule has 0 spiro atoms. The van der Waals surface area contributed by atoms with Crippen molar-refractivity contribution in [2.75, 3.05) is 6.54 Å². The van der Waals surface area contributed by atoms with Gasteiger partial charge in [0.15, 0.2) is 0 Å². The number of halogens is 1. The summed E-state index contributed by atoms with van der Waals surface area (Å²) in [5.41, 5.74) is 2.61. The van der Waals surface area contributed by atoms with Gasteiger partial charge in [-0.15, -0.1) is 0 Å². The summed E-state index contributed by atoms with van der Waals surface area (Å²) in [6.07, 6.45) is 0. The summed E-state index contributed by atoms with van der Waals surface area (Å²) in [7, 11) is 0. The van der Waals surface area contributed by atoms with Crippen LogP contribution < -0.4 is 5.32 Å². The minimum atomic E-state index is -0.193. The van der Waals surface area contributed by atoms with Crippen LogP contribution in [0.1, 0.15) is 18.1 Å². The van der Waals surface area contributed by atoms with E-state index in [-0.39, 0.29) is 5.82 Å². The summed E-state index contributed by atoms with van der Waals surface area (Å²) in [6.45, 7) is 6.12. The average Bonchev–Trinajstić information content (AvgIpc) is 2.41. The van der Waals surface area contributed by atoms with Crippen molar-refractivity contribution >= 4 is 11.8 Å². The molecular weight excluding hydrogens is 257 g/mol. The molecule has 0 aliphatic rings. The maximum Gasteiger partial charge on any atom is 0.123 e. The first kappa shape index (κ1) is 14.1. The van der Waals surface area contributed by atoms with E-state index in [1.165, 1.54) is 28.2 Å². The van der Waals surface area contributed by atoms with Crippen LogP contribution in [-0.4, -0.2) is 6.54 Å². The Morgan fingerprint density at radius 1 is 1.05 bits per heavy atom. The fourth-order valence-corrected chi connectivity index (χ4v) is 2.74. The Morgan fingerprint density at radius 3 is 2.37 bits per heavy atom. The molecule has 0 aromatic heterocycles. The Morgan fingerprint density at radius 2 is 1.74 bits per heavy atom. The van der Waals surface area contributed by atoms with Crippen molar-refractivity contribution in [1.29, 1.82) is 0 Å². The highest BCUT2D eigenvalue weighted by Crippen LogP contribution is 2.29. The molecule has 0 saturated carbocycles. The predicted octanol–water partition coefficient (Wildman–Crippen LogP) is 4.39. The Labute approximate surface area is 118 Å². The van der Waals surface area contributed by atoms with E-state index in [0.717, 1.165) is 18.0 Å². The van der Waals surface area contributed by atoms with Crippen LogP contribution in [-0.2, 0) is 6.54 Å². The van der Waals surface area contributed by atoms with E-state index in [1.807, 2.05) is 12.1 Å². The first-order chi connectivity index (χ1) is 9.19. The van der Waals surface area contributed by atoms with Crippen molar-refractivity contribution in [3.05, 3.63) is 59.4 Å². The van der Waals surface area contributed by atoms with Gasteiger partial charge in [0.25, 0.3) is 0 Å². The quantitative estimate of drug-likeness (QED) is 0.868. The Bertz CT molecular complexity index is 537. The smallest absolute Gasteiger partial charge is 0.123 e. The molecule has 1 nitrogen and oxygen atoms in total. The molecule has 19 heavy (non-hydrogen) atoms. The van der Waals surface area contributed by atoms with Gasteiger partial charge in [0.05, 0.1) is 0 Å². The topological polar surface area (TPSA) is 12.0 Å². The van der Waals surface area contributed by atoms with Crippen molar-refractivity contribution in [2.45, 2.75) is 30.2 Å². The third-order valence-corrected chi connectivity index (χ3v) is 3.93. The highest BCUT2D eigenvalue weighted by Gasteiger charge is 2.02. The number of rotatable bonds is 5. The number of hydrogen-bond acceptors (Lipinski definition) is 2. The second kappa shape index (κ2) is 6.73. The maximum absolute atomic E-state index is 12.8. The molecule has 100 valence electrons.